The molecule has 0 bridgehead atoms. The lowest BCUT2D eigenvalue weighted by Crippen LogP contribution is -2.39. The summed E-state index contributed by atoms with van der Waals surface area (Å²) in [7, 11) is 1.69. The molecule has 104 valence electrons. The largest absolute Gasteiger partial charge is 0.384 e. The van der Waals surface area contributed by atoms with Crippen molar-refractivity contribution >= 4 is 5.91 Å². The second-order valence-electron chi connectivity index (χ2n) is 5.12. The fourth-order valence-electron chi connectivity index (χ4n) is 2.63. The van der Waals surface area contributed by atoms with Gasteiger partial charge in [-0.15, -0.1) is 0 Å². The van der Waals surface area contributed by atoms with E-state index in [4.69, 9.17) is 4.74 Å². The zero-order valence-electron chi connectivity index (χ0n) is 11.1. The van der Waals surface area contributed by atoms with Crippen LogP contribution in [-0.4, -0.2) is 36.1 Å². The van der Waals surface area contributed by atoms with Crippen molar-refractivity contribution in [1.29, 1.82) is 0 Å². The van der Waals surface area contributed by atoms with Gasteiger partial charge in [-0.1, -0.05) is 12.8 Å². The Morgan fingerprint density at radius 2 is 2.26 bits per heavy atom. The highest BCUT2D eigenvalue weighted by Crippen LogP contribution is 2.37. The molecule has 0 saturated heterocycles. The van der Waals surface area contributed by atoms with Gasteiger partial charge < -0.3 is 15.0 Å². The topological polar surface area (TPSA) is 84.1 Å². The molecule has 1 amide bonds. The fraction of sp³-hybridized carbons (Fsp3) is 0.615. The minimum absolute atomic E-state index is 0.0482. The smallest absolute Gasteiger partial charge is 0.271 e. The first kappa shape index (κ1) is 13.7. The van der Waals surface area contributed by atoms with Crippen LogP contribution in [0.4, 0.5) is 0 Å². The second-order valence-corrected chi connectivity index (χ2v) is 5.12. The molecule has 1 aromatic rings. The Bertz CT molecular complexity index is 472. The minimum atomic E-state index is -0.316. The molecule has 1 saturated carbocycles. The molecule has 6 nitrogen and oxygen atoms in total. The summed E-state index contributed by atoms with van der Waals surface area (Å²) in [4.78, 5) is 29.0. The third-order valence-corrected chi connectivity index (χ3v) is 3.64. The van der Waals surface area contributed by atoms with E-state index in [1.807, 2.05) is 0 Å². The maximum atomic E-state index is 11.9. The number of carbonyl (C=O) groups is 1. The van der Waals surface area contributed by atoms with E-state index in [0.717, 1.165) is 19.0 Å². The van der Waals surface area contributed by atoms with Gasteiger partial charge in [0.1, 0.15) is 5.69 Å². The Kier molecular flexibility index (Phi) is 4.31. The molecule has 19 heavy (non-hydrogen) atoms. The number of hydrogen-bond acceptors (Lipinski definition) is 4. The van der Waals surface area contributed by atoms with Gasteiger partial charge in [0, 0.05) is 25.3 Å². The van der Waals surface area contributed by atoms with E-state index in [1.165, 1.54) is 19.0 Å². The Labute approximate surface area is 111 Å². The second kappa shape index (κ2) is 5.97. The van der Waals surface area contributed by atoms with Crippen molar-refractivity contribution in [3.63, 3.8) is 0 Å². The first-order valence-electron chi connectivity index (χ1n) is 6.47. The van der Waals surface area contributed by atoms with Crippen LogP contribution in [0, 0.1) is 5.41 Å². The summed E-state index contributed by atoms with van der Waals surface area (Å²) in [6.45, 7) is 1.24. The number of ether oxygens (including phenoxy) is 1. The summed E-state index contributed by atoms with van der Waals surface area (Å²) in [6, 6.07) is 0. The van der Waals surface area contributed by atoms with E-state index >= 15 is 0 Å². The summed E-state index contributed by atoms with van der Waals surface area (Å²) in [5, 5.41) is 2.88. The van der Waals surface area contributed by atoms with Crippen molar-refractivity contribution in [3.05, 3.63) is 28.4 Å². The molecule has 0 atom stereocenters. The van der Waals surface area contributed by atoms with Crippen LogP contribution >= 0.6 is 0 Å². The zero-order valence-corrected chi connectivity index (χ0v) is 11.1. The molecule has 1 fully saturated rings. The van der Waals surface area contributed by atoms with Crippen LogP contribution in [0.2, 0.25) is 0 Å². The summed E-state index contributed by atoms with van der Waals surface area (Å²) in [5.74, 6) is -0.265. The van der Waals surface area contributed by atoms with E-state index in [0.29, 0.717) is 13.2 Å². The number of hydrogen-bond donors (Lipinski definition) is 2. The standard InChI is InChI=1S/C13H19N3O3/c1-19-9-13(4-2-3-5-13)8-16-12(18)10-6-15-11(17)7-14-10/h6-7H,2-5,8-9H2,1H3,(H,15,17)(H,16,18). The van der Waals surface area contributed by atoms with Crippen molar-refractivity contribution < 1.29 is 9.53 Å². The van der Waals surface area contributed by atoms with Crippen molar-refractivity contribution in [3.8, 4) is 0 Å². The molecular formula is C13H19N3O3. The lowest BCUT2D eigenvalue weighted by atomic mass is 9.87. The third-order valence-electron chi connectivity index (χ3n) is 3.64. The summed E-state index contributed by atoms with van der Waals surface area (Å²) >= 11 is 0. The first-order chi connectivity index (χ1) is 9.15. The molecule has 2 N–H and O–H groups in total. The molecule has 6 heteroatoms. The van der Waals surface area contributed by atoms with Crippen molar-refractivity contribution in [2.45, 2.75) is 25.7 Å². The number of nitrogens with one attached hydrogen (secondary N) is 2. The number of aromatic nitrogens is 2. The monoisotopic (exact) mass is 265 g/mol. The zero-order chi connectivity index (χ0) is 13.7. The Morgan fingerprint density at radius 1 is 1.53 bits per heavy atom. The maximum Gasteiger partial charge on any atom is 0.271 e. The molecule has 0 unspecified atom stereocenters. The van der Waals surface area contributed by atoms with E-state index < -0.39 is 0 Å². The fourth-order valence-corrected chi connectivity index (χ4v) is 2.63. The van der Waals surface area contributed by atoms with Gasteiger partial charge in [0.15, 0.2) is 0 Å². The number of amides is 1. The summed E-state index contributed by atoms with van der Waals surface area (Å²) in [6.07, 6.45) is 6.93. The molecule has 0 aliphatic heterocycles. The average Bonchev–Trinajstić information content (AvgIpc) is 2.86. The summed E-state index contributed by atoms with van der Waals surface area (Å²) < 4.78 is 5.27. The Morgan fingerprint density at radius 3 is 2.84 bits per heavy atom. The molecule has 2 rings (SSSR count). The molecule has 1 heterocycles. The molecule has 1 aliphatic carbocycles. The van der Waals surface area contributed by atoms with Crippen molar-refractivity contribution in [1.82, 2.24) is 15.3 Å². The van der Waals surface area contributed by atoms with Crippen LogP contribution in [0.1, 0.15) is 36.2 Å². The van der Waals surface area contributed by atoms with Crippen molar-refractivity contribution in [2.24, 2.45) is 5.41 Å². The van der Waals surface area contributed by atoms with Gasteiger partial charge in [0.05, 0.1) is 12.8 Å². The number of nitrogens with zero attached hydrogens (tertiary/aromatic N) is 1. The van der Waals surface area contributed by atoms with Gasteiger partial charge in [-0.25, -0.2) is 4.98 Å². The first-order valence-corrected chi connectivity index (χ1v) is 6.47. The predicted molar refractivity (Wildman–Crippen MR) is 70.0 cm³/mol. The quantitative estimate of drug-likeness (QED) is 0.821. The van der Waals surface area contributed by atoms with Gasteiger partial charge >= 0.3 is 0 Å². The highest BCUT2D eigenvalue weighted by molar-refractivity contribution is 5.91. The number of H-pyrrole nitrogens is 1. The minimum Gasteiger partial charge on any atom is -0.384 e. The molecule has 1 aliphatic rings. The summed E-state index contributed by atoms with van der Waals surface area (Å²) in [5.41, 5.74) is -0.0413. The van der Waals surface area contributed by atoms with E-state index in [9.17, 15) is 9.59 Å². The molecule has 0 radical (unpaired) electrons. The van der Waals surface area contributed by atoms with Crippen LogP contribution in [0.15, 0.2) is 17.2 Å². The normalized spacial score (nSPS) is 17.3. The molecule has 1 aromatic heterocycles. The Hall–Kier alpha value is -1.69. The van der Waals surface area contributed by atoms with Crippen LogP contribution in [0.3, 0.4) is 0 Å². The van der Waals surface area contributed by atoms with E-state index in [1.54, 1.807) is 7.11 Å². The van der Waals surface area contributed by atoms with Crippen LogP contribution in [0.25, 0.3) is 0 Å². The SMILES string of the molecule is COCC1(CNC(=O)c2c[nH]c(=O)cn2)CCCC1. The molecule has 0 spiro atoms. The lowest BCUT2D eigenvalue weighted by Gasteiger charge is -2.28. The predicted octanol–water partition coefficient (Wildman–Crippen LogP) is 0.706. The van der Waals surface area contributed by atoms with Gasteiger partial charge in [0.2, 0.25) is 0 Å². The molecule has 0 aromatic carbocycles. The van der Waals surface area contributed by atoms with Crippen LogP contribution in [-0.2, 0) is 4.74 Å². The van der Waals surface area contributed by atoms with Gasteiger partial charge in [-0.05, 0) is 12.8 Å². The highest BCUT2D eigenvalue weighted by atomic mass is 16.5. The Balaban J connectivity index is 1.95. The van der Waals surface area contributed by atoms with E-state index in [-0.39, 0.29) is 22.6 Å². The maximum absolute atomic E-state index is 11.9. The number of aromatic amines is 1. The van der Waals surface area contributed by atoms with Crippen LogP contribution < -0.4 is 10.9 Å². The lowest BCUT2D eigenvalue weighted by molar-refractivity contribution is 0.0738. The van der Waals surface area contributed by atoms with Gasteiger partial charge in [-0.2, -0.15) is 0 Å². The third kappa shape index (κ3) is 3.41. The van der Waals surface area contributed by atoms with Crippen molar-refractivity contribution in [2.75, 3.05) is 20.3 Å². The van der Waals surface area contributed by atoms with Gasteiger partial charge in [-0.3, -0.25) is 9.59 Å². The highest BCUT2D eigenvalue weighted by Gasteiger charge is 2.34. The number of methoxy groups -OCH3 is 1. The van der Waals surface area contributed by atoms with Crippen LogP contribution in [0.5, 0.6) is 0 Å². The van der Waals surface area contributed by atoms with Gasteiger partial charge in [0.25, 0.3) is 11.5 Å². The number of rotatable bonds is 5. The van der Waals surface area contributed by atoms with E-state index in [2.05, 4.69) is 15.3 Å². The number of carbonyl (C=O) groups excluding carboxylic acids is 1. The average molecular weight is 265 g/mol. The molecular weight excluding hydrogens is 246 g/mol.